The maximum atomic E-state index is 13.1. The van der Waals surface area contributed by atoms with Gasteiger partial charge in [-0.3, -0.25) is 9.59 Å². The van der Waals surface area contributed by atoms with Crippen LogP contribution in [0.5, 0.6) is 34.5 Å². The zero-order valence-electron chi connectivity index (χ0n) is 23.9. The number of fused-ring (bicyclic) bond motifs is 2. The van der Waals surface area contributed by atoms with E-state index in [9.17, 15) is 35.1 Å². The molecule has 0 bridgehead atoms. The maximum Gasteiger partial charge on any atom is 0.169 e. The molecule has 41 heavy (non-hydrogen) atoms. The number of carbonyl (C=O) groups excluding carboxylic acids is 2. The molecule has 4 aromatic rings. The van der Waals surface area contributed by atoms with E-state index in [0.29, 0.717) is 10.9 Å². The van der Waals surface area contributed by atoms with E-state index in [4.69, 9.17) is 10.5 Å². The molecule has 9 nitrogen and oxygen atoms in total. The number of ether oxygens (including phenoxy) is 1. The van der Waals surface area contributed by atoms with Crippen LogP contribution in [-0.2, 0) is 0 Å². The Labute approximate surface area is 237 Å². The number of Topliss-reactive ketones (excluding diaryl/α,β-unsaturated/α-hetero) is 2. The van der Waals surface area contributed by atoms with Gasteiger partial charge in [-0.25, -0.2) is 0 Å². The van der Waals surface area contributed by atoms with Crippen molar-refractivity contribution in [2.45, 2.75) is 47.5 Å². The van der Waals surface area contributed by atoms with E-state index in [1.54, 1.807) is 13.0 Å². The van der Waals surface area contributed by atoms with Crippen LogP contribution in [0, 0.1) is 18.8 Å². The highest BCUT2D eigenvalue weighted by Crippen LogP contribution is 2.53. The highest BCUT2D eigenvalue weighted by atomic mass is 16.5. The lowest BCUT2D eigenvalue weighted by atomic mass is 9.87. The largest absolute Gasteiger partial charge is 0.507 e. The van der Waals surface area contributed by atoms with Gasteiger partial charge in [0.05, 0.1) is 29.5 Å². The van der Waals surface area contributed by atoms with Gasteiger partial charge in [0, 0.05) is 39.9 Å². The van der Waals surface area contributed by atoms with Crippen molar-refractivity contribution in [1.82, 2.24) is 0 Å². The summed E-state index contributed by atoms with van der Waals surface area (Å²) in [4.78, 5) is 26.2. The van der Waals surface area contributed by atoms with Crippen molar-refractivity contribution in [1.29, 1.82) is 0 Å². The Morgan fingerprint density at radius 3 is 1.73 bits per heavy atom. The number of aryl methyl sites for hydroxylation is 1. The summed E-state index contributed by atoms with van der Waals surface area (Å²) in [6.07, 6.45) is 0.245. The monoisotopic (exact) mass is 561 g/mol. The van der Waals surface area contributed by atoms with Crippen molar-refractivity contribution in [3.63, 3.8) is 0 Å². The minimum Gasteiger partial charge on any atom is -0.507 e. The summed E-state index contributed by atoms with van der Waals surface area (Å²) in [5.41, 5.74) is 6.46. The number of hydrogen-bond acceptors (Lipinski definition) is 9. The Bertz CT molecular complexity index is 1740. The zero-order valence-corrected chi connectivity index (χ0v) is 23.9. The van der Waals surface area contributed by atoms with Gasteiger partial charge in [0.2, 0.25) is 0 Å². The second-order valence-electron chi connectivity index (χ2n) is 11.3. The van der Waals surface area contributed by atoms with E-state index in [2.05, 4.69) is 0 Å². The maximum absolute atomic E-state index is 13.1. The molecule has 0 spiro atoms. The van der Waals surface area contributed by atoms with E-state index < -0.39 is 23.0 Å². The molecule has 0 aromatic heterocycles. The van der Waals surface area contributed by atoms with Gasteiger partial charge in [0.25, 0.3) is 0 Å². The Morgan fingerprint density at radius 2 is 1.20 bits per heavy atom. The van der Waals surface area contributed by atoms with Crippen molar-refractivity contribution < 1.29 is 39.9 Å². The van der Waals surface area contributed by atoms with Crippen LogP contribution in [0.2, 0.25) is 0 Å². The highest BCUT2D eigenvalue weighted by molar-refractivity contribution is 6.17. The van der Waals surface area contributed by atoms with Crippen molar-refractivity contribution in [3.8, 4) is 45.6 Å². The fourth-order valence-corrected chi connectivity index (χ4v) is 5.37. The normalized spacial score (nSPS) is 11.6. The minimum atomic E-state index is -0.601. The first-order valence-corrected chi connectivity index (χ1v) is 13.3. The average molecular weight is 562 g/mol. The van der Waals surface area contributed by atoms with E-state index in [-0.39, 0.29) is 91.8 Å². The third-order valence-electron chi connectivity index (χ3n) is 7.17. The highest BCUT2D eigenvalue weighted by Gasteiger charge is 2.29. The quantitative estimate of drug-likeness (QED) is 0.0793. The minimum absolute atomic E-state index is 0.00190. The molecule has 0 aliphatic heterocycles. The van der Waals surface area contributed by atoms with Crippen LogP contribution in [0.25, 0.3) is 32.7 Å². The SMILES string of the molecule is COc1cc2c(C(=O)CC(C)C)c(O)c(O)cc2c(O)c1-c1c(C)cc2c(C(=O)CC(C)C)c(O)c(N)cc2c1O. The van der Waals surface area contributed by atoms with Crippen LogP contribution in [0.1, 0.15) is 66.8 Å². The van der Waals surface area contributed by atoms with E-state index in [1.807, 2.05) is 27.7 Å². The first kappa shape index (κ1) is 29.3. The van der Waals surface area contributed by atoms with Crippen LogP contribution in [0.15, 0.2) is 24.3 Å². The lowest BCUT2D eigenvalue weighted by Crippen LogP contribution is -2.07. The number of benzene rings is 4. The summed E-state index contributed by atoms with van der Waals surface area (Å²) in [6.45, 7) is 9.09. The summed E-state index contributed by atoms with van der Waals surface area (Å²) < 4.78 is 5.60. The number of nitrogens with two attached hydrogens (primary N) is 1. The van der Waals surface area contributed by atoms with Gasteiger partial charge in [0.1, 0.15) is 23.0 Å². The lowest BCUT2D eigenvalue weighted by Gasteiger charge is -2.21. The van der Waals surface area contributed by atoms with Crippen molar-refractivity contribution >= 4 is 38.8 Å². The summed E-state index contributed by atoms with van der Waals surface area (Å²) in [5, 5.41) is 55.6. The number of aromatic hydroxyl groups is 5. The van der Waals surface area contributed by atoms with Crippen LogP contribution < -0.4 is 10.5 Å². The molecular formula is C32H35NO8. The molecule has 0 unspecified atom stereocenters. The number of nitrogen functional groups attached to an aromatic ring is 1. The number of rotatable bonds is 8. The summed E-state index contributed by atoms with van der Waals surface area (Å²) >= 11 is 0. The lowest BCUT2D eigenvalue weighted by molar-refractivity contribution is 0.0958. The molecule has 4 aromatic carbocycles. The van der Waals surface area contributed by atoms with Crippen molar-refractivity contribution in [2.24, 2.45) is 11.8 Å². The number of hydrogen-bond donors (Lipinski definition) is 6. The van der Waals surface area contributed by atoms with Crippen molar-refractivity contribution in [2.75, 3.05) is 12.8 Å². The van der Waals surface area contributed by atoms with Crippen LogP contribution in [0.3, 0.4) is 0 Å². The number of methoxy groups -OCH3 is 1. The van der Waals surface area contributed by atoms with Gasteiger partial charge in [-0.05, 0) is 48.6 Å². The average Bonchev–Trinajstić information content (AvgIpc) is 2.87. The molecule has 0 saturated carbocycles. The molecule has 0 radical (unpaired) electrons. The molecule has 0 saturated heterocycles. The second-order valence-corrected chi connectivity index (χ2v) is 11.3. The predicted octanol–water partition coefficient (Wildman–Crippen LogP) is 6.54. The number of phenolic OH excluding ortho intramolecular Hbond substituents is 5. The molecule has 7 N–H and O–H groups in total. The number of ketones is 2. The van der Waals surface area contributed by atoms with Gasteiger partial charge in [-0.2, -0.15) is 0 Å². The third kappa shape index (κ3) is 4.92. The number of carbonyl (C=O) groups is 2. The fraction of sp³-hybridized carbons (Fsp3) is 0.312. The second kappa shape index (κ2) is 10.7. The molecule has 216 valence electrons. The van der Waals surface area contributed by atoms with Gasteiger partial charge in [-0.15, -0.1) is 0 Å². The van der Waals surface area contributed by atoms with Crippen molar-refractivity contribution in [3.05, 3.63) is 41.0 Å². The van der Waals surface area contributed by atoms with Crippen LogP contribution in [0.4, 0.5) is 5.69 Å². The Hall–Kier alpha value is -4.66. The first-order chi connectivity index (χ1) is 19.2. The first-order valence-electron chi connectivity index (χ1n) is 13.3. The number of phenols is 5. The summed E-state index contributed by atoms with van der Waals surface area (Å²) in [5.74, 6) is -2.98. The van der Waals surface area contributed by atoms with E-state index in [1.165, 1.54) is 19.2 Å². The van der Waals surface area contributed by atoms with Crippen LogP contribution >= 0.6 is 0 Å². The molecule has 9 heteroatoms. The molecule has 0 atom stereocenters. The Morgan fingerprint density at radius 1 is 0.707 bits per heavy atom. The van der Waals surface area contributed by atoms with Crippen LogP contribution in [-0.4, -0.2) is 44.2 Å². The fourth-order valence-electron chi connectivity index (χ4n) is 5.37. The van der Waals surface area contributed by atoms with Gasteiger partial charge < -0.3 is 36.0 Å². The van der Waals surface area contributed by atoms with Gasteiger partial charge >= 0.3 is 0 Å². The molecule has 0 fully saturated rings. The van der Waals surface area contributed by atoms with Gasteiger partial charge in [0.15, 0.2) is 23.1 Å². The Balaban J connectivity index is 2.10. The smallest absolute Gasteiger partial charge is 0.169 e. The standard InChI is InChI=1S/C32H35NO8/c1-13(2)7-21(34)26-16-9-15(5)25(29(37)18(16)10-20(33)31(26)39)28-24(41-6)12-17-19(30(28)38)11-23(36)32(40)27(17)22(35)8-14(3)4/h9-14,36-40H,7-8,33H2,1-6H3. The Kier molecular flexibility index (Phi) is 7.67. The molecule has 0 aliphatic carbocycles. The third-order valence-corrected chi connectivity index (χ3v) is 7.17. The van der Waals surface area contributed by atoms with Gasteiger partial charge in [-0.1, -0.05) is 27.7 Å². The summed E-state index contributed by atoms with van der Waals surface area (Å²) in [7, 11) is 1.35. The predicted molar refractivity (Wildman–Crippen MR) is 158 cm³/mol. The molecule has 0 aliphatic rings. The number of anilines is 1. The van der Waals surface area contributed by atoms with E-state index >= 15 is 0 Å². The topological polar surface area (TPSA) is 171 Å². The molecule has 0 amide bonds. The zero-order chi connectivity index (χ0) is 30.5. The molecule has 4 rings (SSSR count). The molecule has 0 heterocycles. The van der Waals surface area contributed by atoms with E-state index in [0.717, 1.165) is 6.07 Å². The molecular weight excluding hydrogens is 526 g/mol. The summed E-state index contributed by atoms with van der Waals surface area (Å²) in [6, 6.07) is 5.57.